The van der Waals surface area contributed by atoms with Crippen LogP contribution >= 0.6 is 15.9 Å². The number of rotatable bonds is 6. The largest absolute Gasteiger partial charge is 0.361 e. The summed E-state index contributed by atoms with van der Waals surface area (Å²) >= 11 is 3.33. The highest BCUT2D eigenvalue weighted by molar-refractivity contribution is 9.10. The number of fused-ring (bicyclic) bond motifs is 1. The van der Waals surface area contributed by atoms with Gasteiger partial charge in [-0.15, -0.1) is 0 Å². The second kappa shape index (κ2) is 8.08. The predicted octanol–water partition coefficient (Wildman–Crippen LogP) is 3.42. The van der Waals surface area contributed by atoms with Gasteiger partial charge < -0.3 is 15.6 Å². The van der Waals surface area contributed by atoms with Crippen molar-refractivity contribution in [3.63, 3.8) is 0 Å². The number of hydrogen-bond acceptors (Lipinski definition) is 3. The van der Waals surface area contributed by atoms with Crippen LogP contribution in [-0.2, 0) is 16.0 Å². The van der Waals surface area contributed by atoms with Crippen LogP contribution in [0.5, 0.6) is 0 Å². The maximum absolute atomic E-state index is 12.6. The number of nitrogens with one attached hydrogen (secondary N) is 3. The fourth-order valence-electron chi connectivity index (χ4n) is 3.43. The third-order valence-electron chi connectivity index (χ3n) is 4.90. The quantitative estimate of drug-likeness (QED) is 0.498. The summed E-state index contributed by atoms with van der Waals surface area (Å²) in [5.41, 5.74) is 2.69. The molecule has 1 fully saturated rings. The summed E-state index contributed by atoms with van der Waals surface area (Å²) in [6.07, 6.45) is 2.33. The molecule has 2 heterocycles. The van der Waals surface area contributed by atoms with Crippen molar-refractivity contribution in [3.05, 3.63) is 64.8 Å². The van der Waals surface area contributed by atoms with Crippen molar-refractivity contribution >= 4 is 50.4 Å². The minimum atomic E-state index is -0.846. The molecule has 8 heteroatoms. The highest BCUT2D eigenvalue weighted by Crippen LogP contribution is 2.20. The van der Waals surface area contributed by atoms with Crippen LogP contribution in [0.15, 0.2) is 59.2 Å². The lowest BCUT2D eigenvalue weighted by molar-refractivity contribution is -0.129. The van der Waals surface area contributed by atoms with Crippen molar-refractivity contribution < 1.29 is 14.4 Å². The summed E-state index contributed by atoms with van der Waals surface area (Å²) in [7, 11) is 0. The van der Waals surface area contributed by atoms with E-state index >= 15 is 0 Å². The SMILES string of the molecule is O=C(C[C@@H]1NC(=O)N(CCc2c[nH]c3ccccc23)C1=O)Nc1ccc(Br)cc1. The highest BCUT2D eigenvalue weighted by atomic mass is 79.9. The number of urea groups is 1. The fraction of sp³-hybridized carbons (Fsp3) is 0.190. The van der Waals surface area contributed by atoms with Crippen molar-refractivity contribution in [2.24, 2.45) is 0 Å². The van der Waals surface area contributed by atoms with Crippen LogP contribution in [0, 0.1) is 0 Å². The Bertz CT molecular complexity index is 1080. The van der Waals surface area contributed by atoms with Crippen LogP contribution < -0.4 is 10.6 Å². The van der Waals surface area contributed by atoms with E-state index in [4.69, 9.17) is 0 Å². The van der Waals surface area contributed by atoms with E-state index in [0.717, 1.165) is 20.9 Å². The van der Waals surface area contributed by atoms with Gasteiger partial charge in [-0.3, -0.25) is 14.5 Å². The number of benzene rings is 2. The number of hydrogen-bond donors (Lipinski definition) is 3. The molecule has 1 atom stereocenters. The molecule has 2 aromatic carbocycles. The molecule has 0 radical (unpaired) electrons. The van der Waals surface area contributed by atoms with Crippen LogP contribution in [0.3, 0.4) is 0 Å². The third kappa shape index (κ3) is 4.17. The molecular weight excluding hydrogens is 436 g/mol. The van der Waals surface area contributed by atoms with Gasteiger partial charge in [0.2, 0.25) is 5.91 Å². The molecule has 3 N–H and O–H groups in total. The number of aromatic amines is 1. The van der Waals surface area contributed by atoms with E-state index in [0.29, 0.717) is 12.1 Å². The molecule has 0 spiro atoms. The normalized spacial score (nSPS) is 16.3. The smallest absolute Gasteiger partial charge is 0.324 e. The Labute approximate surface area is 175 Å². The van der Waals surface area contributed by atoms with Crippen molar-refractivity contribution in [3.8, 4) is 0 Å². The molecule has 1 saturated heterocycles. The molecule has 0 saturated carbocycles. The van der Waals surface area contributed by atoms with Gasteiger partial charge in [0, 0.05) is 33.8 Å². The molecule has 7 nitrogen and oxygen atoms in total. The molecular formula is C21H19BrN4O3. The number of amides is 4. The first kappa shape index (κ1) is 19.2. The van der Waals surface area contributed by atoms with Crippen LogP contribution in [0.1, 0.15) is 12.0 Å². The number of H-pyrrole nitrogens is 1. The van der Waals surface area contributed by atoms with Crippen molar-refractivity contribution in [2.45, 2.75) is 18.9 Å². The Morgan fingerprint density at radius 2 is 1.86 bits per heavy atom. The lowest BCUT2D eigenvalue weighted by atomic mass is 10.1. The van der Waals surface area contributed by atoms with Crippen LogP contribution in [0.2, 0.25) is 0 Å². The maximum Gasteiger partial charge on any atom is 0.324 e. The van der Waals surface area contributed by atoms with Crippen LogP contribution in [0.25, 0.3) is 10.9 Å². The van der Waals surface area contributed by atoms with E-state index in [2.05, 4.69) is 31.5 Å². The summed E-state index contributed by atoms with van der Waals surface area (Å²) in [6.45, 7) is 0.261. The van der Waals surface area contributed by atoms with Gasteiger partial charge >= 0.3 is 6.03 Å². The molecule has 0 aliphatic carbocycles. The zero-order chi connectivity index (χ0) is 20.4. The second-order valence-corrected chi connectivity index (χ2v) is 7.78. The summed E-state index contributed by atoms with van der Waals surface area (Å²) in [4.78, 5) is 41.5. The van der Waals surface area contributed by atoms with Crippen LogP contribution in [-0.4, -0.2) is 40.3 Å². The number of carbonyl (C=O) groups is 3. The Morgan fingerprint density at radius 3 is 2.66 bits per heavy atom. The zero-order valence-electron chi connectivity index (χ0n) is 15.4. The van der Waals surface area contributed by atoms with E-state index in [1.807, 2.05) is 42.6 Å². The fourth-order valence-corrected chi connectivity index (χ4v) is 3.69. The Hall–Kier alpha value is -3.13. The minimum absolute atomic E-state index is 0.107. The van der Waals surface area contributed by atoms with Gasteiger partial charge in [-0.05, 0) is 42.3 Å². The van der Waals surface area contributed by atoms with Gasteiger partial charge in [0.1, 0.15) is 6.04 Å². The standard InChI is InChI=1S/C21H19BrN4O3/c22-14-5-7-15(8-6-14)24-19(27)11-18-20(28)26(21(29)25-18)10-9-13-12-23-17-4-2-1-3-16(13)17/h1-8,12,18,23H,9-11H2,(H,24,27)(H,25,29)/t18-/m0/s1. The Balaban J connectivity index is 1.35. The number of anilines is 1. The molecule has 29 heavy (non-hydrogen) atoms. The van der Waals surface area contributed by atoms with E-state index in [1.54, 1.807) is 12.1 Å². The zero-order valence-corrected chi connectivity index (χ0v) is 17.0. The van der Waals surface area contributed by atoms with Crippen molar-refractivity contribution in [2.75, 3.05) is 11.9 Å². The van der Waals surface area contributed by atoms with Crippen LogP contribution in [0.4, 0.5) is 10.5 Å². The van der Waals surface area contributed by atoms with Gasteiger partial charge in [-0.2, -0.15) is 0 Å². The minimum Gasteiger partial charge on any atom is -0.361 e. The monoisotopic (exact) mass is 454 g/mol. The number of nitrogens with zero attached hydrogens (tertiary/aromatic N) is 1. The molecule has 148 valence electrons. The van der Waals surface area contributed by atoms with Crippen molar-refractivity contribution in [1.29, 1.82) is 0 Å². The Kier molecular flexibility index (Phi) is 5.35. The molecule has 4 amide bonds. The van der Waals surface area contributed by atoms with E-state index < -0.39 is 12.1 Å². The molecule has 1 aliphatic rings. The topological polar surface area (TPSA) is 94.3 Å². The molecule has 1 aliphatic heterocycles. The average molecular weight is 455 g/mol. The average Bonchev–Trinajstić information content (AvgIpc) is 3.23. The summed E-state index contributed by atoms with van der Waals surface area (Å²) in [5.74, 6) is -0.703. The van der Waals surface area contributed by atoms with Gasteiger partial charge in [0.25, 0.3) is 5.91 Å². The van der Waals surface area contributed by atoms with Gasteiger partial charge in [-0.25, -0.2) is 4.79 Å². The highest BCUT2D eigenvalue weighted by Gasteiger charge is 2.38. The van der Waals surface area contributed by atoms with Crippen molar-refractivity contribution in [1.82, 2.24) is 15.2 Å². The number of halogens is 1. The predicted molar refractivity (Wildman–Crippen MR) is 113 cm³/mol. The number of imide groups is 1. The van der Waals surface area contributed by atoms with Gasteiger partial charge in [0.15, 0.2) is 0 Å². The maximum atomic E-state index is 12.6. The first-order valence-electron chi connectivity index (χ1n) is 9.23. The lowest BCUT2D eigenvalue weighted by Crippen LogP contribution is -2.34. The Morgan fingerprint density at radius 1 is 1.10 bits per heavy atom. The summed E-state index contributed by atoms with van der Waals surface area (Å²) < 4.78 is 0.902. The first-order valence-corrected chi connectivity index (χ1v) is 10.0. The number of aromatic nitrogens is 1. The molecule has 1 aromatic heterocycles. The second-order valence-electron chi connectivity index (χ2n) is 6.86. The summed E-state index contributed by atoms with van der Waals surface area (Å²) in [6, 6.07) is 13.7. The number of para-hydroxylation sites is 1. The lowest BCUT2D eigenvalue weighted by Gasteiger charge is -2.13. The first-order chi connectivity index (χ1) is 14.0. The van der Waals surface area contributed by atoms with E-state index in [1.165, 1.54) is 4.90 Å². The molecule has 3 aromatic rings. The summed E-state index contributed by atoms with van der Waals surface area (Å²) in [5, 5.41) is 6.42. The van der Waals surface area contributed by atoms with Gasteiger partial charge in [-0.1, -0.05) is 34.1 Å². The van der Waals surface area contributed by atoms with E-state index in [9.17, 15) is 14.4 Å². The molecule has 0 bridgehead atoms. The van der Waals surface area contributed by atoms with Gasteiger partial charge in [0.05, 0.1) is 6.42 Å². The third-order valence-corrected chi connectivity index (χ3v) is 5.43. The molecule has 4 rings (SSSR count). The number of carbonyl (C=O) groups excluding carboxylic acids is 3. The molecule has 0 unspecified atom stereocenters. The van der Waals surface area contributed by atoms with E-state index in [-0.39, 0.29) is 24.8 Å².